The molecule has 24 heavy (non-hydrogen) atoms. The lowest BCUT2D eigenvalue weighted by molar-refractivity contribution is 0.0955. The largest absolute Gasteiger partial charge is 0.497 e. The van der Waals surface area contributed by atoms with E-state index in [1.165, 1.54) is 0 Å². The van der Waals surface area contributed by atoms with Crippen LogP contribution in [0.4, 0.5) is 0 Å². The van der Waals surface area contributed by atoms with Crippen LogP contribution in [0.2, 0.25) is 0 Å². The number of hydrazone groups is 1. The highest BCUT2D eigenvalue weighted by molar-refractivity contribution is 9.10. The predicted molar refractivity (Wildman–Crippen MR) is 98.0 cm³/mol. The number of nitrogens with one attached hydrogen (secondary N) is 1. The van der Waals surface area contributed by atoms with Crippen LogP contribution in [0.3, 0.4) is 0 Å². The first-order valence-electron chi connectivity index (χ1n) is 7.43. The predicted octanol–water partition coefficient (Wildman–Crippen LogP) is 4.01. The summed E-state index contributed by atoms with van der Waals surface area (Å²) in [5.41, 5.74) is 3.81. The molecule has 0 fully saturated rings. The van der Waals surface area contributed by atoms with Crippen molar-refractivity contribution < 1.29 is 14.3 Å². The van der Waals surface area contributed by atoms with Crippen molar-refractivity contribution in [2.45, 2.75) is 20.0 Å². The third-order valence-electron chi connectivity index (χ3n) is 3.03. The van der Waals surface area contributed by atoms with E-state index in [1.807, 2.05) is 32.0 Å². The van der Waals surface area contributed by atoms with Gasteiger partial charge in [0.05, 0.1) is 23.9 Å². The SMILES string of the molecule is COc1cccc(C(=O)N/N=C/c2ccc(OC(C)C)c(Br)c2)c1. The van der Waals surface area contributed by atoms with E-state index in [0.29, 0.717) is 11.3 Å². The van der Waals surface area contributed by atoms with Gasteiger partial charge in [0.2, 0.25) is 0 Å². The Labute approximate surface area is 149 Å². The molecule has 0 atom stereocenters. The third kappa shape index (κ3) is 5.09. The fraction of sp³-hybridized carbons (Fsp3) is 0.222. The van der Waals surface area contributed by atoms with Crippen molar-refractivity contribution in [3.05, 3.63) is 58.1 Å². The van der Waals surface area contributed by atoms with Gasteiger partial charge in [-0.1, -0.05) is 6.07 Å². The van der Waals surface area contributed by atoms with Crippen LogP contribution < -0.4 is 14.9 Å². The van der Waals surface area contributed by atoms with Crippen molar-refractivity contribution in [1.29, 1.82) is 0 Å². The summed E-state index contributed by atoms with van der Waals surface area (Å²) in [6.07, 6.45) is 1.67. The maximum atomic E-state index is 12.0. The van der Waals surface area contributed by atoms with Gasteiger partial charge >= 0.3 is 0 Å². The molecule has 0 aromatic heterocycles. The van der Waals surface area contributed by atoms with Crippen molar-refractivity contribution in [1.82, 2.24) is 5.43 Å². The Bertz CT molecular complexity index is 745. The molecule has 0 aliphatic rings. The number of rotatable bonds is 6. The average Bonchev–Trinajstić information content (AvgIpc) is 2.57. The van der Waals surface area contributed by atoms with E-state index in [-0.39, 0.29) is 12.0 Å². The van der Waals surface area contributed by atoms with E-state index in [0.717, 1.165) is 15.8 Å². The van der Waals surface area contributed by atoms with E-state index in [4.69, 9.17) is 9.47 Å². The smallest absolute Gasteiger partial charge is 0.271 e. The summed E-state index contributed by atoms with van der Waals surface area (Å²) >= 11 is 3.46. The van der Waals surface area contributed by atoms with Crippen molar-refractivity contribution in [2.24, 2.45) is 5.10 Å². The molecule has 0 bridgehead atoms. The molecule has 0 heterocycles. The topological polar surface area (TPSA) is 59.9 Å². The highest BCUT2D eigenvalue weighted by atomic mass is 79.9. The van der Waals surface area contributed by atoms with Crippen LogP contribution >= 0.6 is 15.9 Å². The van der Waals surface area contributed by atoms with E-state index in [1.54, 1.807) is 37.6 Å². The van der Waals surface area contributed by atoms with Crippen molar-refractivity contribution in [3.8, 4) is 11.5 Å². The first-order chi connectivity index (χ1) is 11.5. The van der Waals surface area contributed by atoms with Gasteiger partial charge in [-0.15, -0.1) is 0 Å². The summed E-state index contributed by atoms with van der Waals surface area (Å²) in [7, 11) is 1.56. The van der Waals surface area contributed by atoms with Crippen molar-refractivity contribution in [3.63, 3.8) is 0 Å². The Hall–Kier alpha value is -2.34. The number of methoxy groups -OCH3 is 1. The molecule has 0 aliphatic carbocycles. The Morgan fingerprint density at radius 3 is 2.71 bits per heavy atom. The summed E-state index contributed by atoms with van der Waals surface area (Å²) in [4.78, 5) is 12.0. The monoisotopic (exact) mass is 390 g/mol. The molecule has 0 radical (unpaired) electrons. The van der Waals surface area contributed by atoms with Gasteiger partial charge in [0.1, 0.15) is 11.5 Å². The van der Waals surface area contributed by atoms with Gasteiger partial charge in [0, 0.05) is 5.56 Å². The van der Waals surface area contributed by atoms with Crippen LogP contribution in [-0.2, 0) is 0 Å². The number of amides is 1. The Kier molecular flexibility index (Phi) is 6.37. The molecule has 0 unspecified atom stereocenters. The van der Waals surface area contributed by atoms with Crippen molar-refractivity contribution in [2.75, 3.05) is 7.11 Å². The number of carbonyl (C=O) groups excluding carboxylic acids is 1. The molecule has 6 heteroatoms. The number of ether oxygens (including phenoxy) is 2. The van der Waals surface area contributed by atoms with E-state index in [9.17, 15) is 4.79 Å². The quantitative estimate of drug-likeness (QED) is 0.598. The second kappa shape index (κ2) is 8.49. The molecule has 126 valence electrons. The van der Waals surface area contributed by atoms with Crippen LogP contribution in [-0.4, -0.2) is 25.3 Å². The second-order valence-corrected chi connectivity index (χ2v) is 6.14. The fourth-order valence-electron chi connectivity index (χ4n) is 1.94. The molecule has 2 aromatic carbocycles. The minimum Gasteiger partial charge on any atom is -0.497 e. The molecule has 5 nitrogen and oxygen atoms in total. The van der Waals surface area contributed by atoms with Crippen LogP contribution in [0, 0.1) is 0 Å². The molecule has 2 aromatic rings. The molecule has 2 rings (SSSR count). The van der Waals surface area contributed by atoms with Gasteiger partial charge in [-0.2, -0.15) is 5.10 Å². The van der Waals surface area contributed by atoms with E-state index < -0.39 is 0 Å². The number of benzene rings is 2. The Balaban J connectivity index is 2.00. The summed E-state index contributed by atoms with van der Waals surface area (Å²) in [6.45, 7) is 3.94. The van der Waals surface area contributed by atoms with Crippen LogP contribution in [0.15, 0.2) is 52.0 Å². The number of halogens is 1. The molecule has 0 saturated heterocycles. The van der Waals surface area contributed by atoms with Crippen molar-refractivity contribution >= 4 is 28.1 Å². The van der Waals surface area contributed by atoms with Gasteiger partial charge in [0.15, 0.2) is 0 Å². The first kappa shape index (κ1) is 18.0. The van der Waals surface area contributed by atoms with Gasteiger partial charge < -0.3 is 9.47 Å². The van der Waals surface area contributed by atoms with Crippen LogP contribution in [0.1, 0.15) is 29.8 Å². The van der Waals surface area contributed by atoms with E-state index in [2.05, 4.69) is 26.5 Å². The lowest BCUT2D eigenvalue weighted by Crippen LogP contribution is -2.17. The second-order valence-electron chi connectivity index (χ2n) is 5.29. The Morgan fingerprint density at radius 1 is 1.25 bits per heavy atom. The number of carbonyl (C=O) groups is 1. The molecule has 1 amide bonds. The van der Waals surface area contributed by atoms with Gasteiger partial charge in [-0.3, -0.25) is 4.79 Å². The molecule has 0 saturated carbocycles. The molecular weight excluding hydrogens is 372 g/mol. The van der Waals surface area contributed by atoms with Crippen LogP contribution in [0.25, 0.3) is 0 Å². The molecule has 0 spiro atoms. The summed E-state index contributed by atoms with van der Waals surface area (Å²) in [5.74, 6) is 1.09. The minimum atomic E-state index is -0.302. The first-order valence-corrected chi connectivity index (χ1v) is 8.22. The number of hydrogen-bond acceptors (Lipinski definition) is 4. The molecule has 0 aliphatic heterocycles. The average molecular weight is 391 g/mol. The normalized spacial score (nSPS) is 10.9. The lowest BCUT2D eigenvalue weighted by Gasteiger charge is -2.11. The highest BCUT2D eigenvalue weighted by Gasteiger charge is 2.06. The zero-order valence-corrected chi connectivity index (χ0v) is 15.3. The number of nitrogens with zero attached hydrogens (tertiary/aromatic N) is 1. The maximum Gasteiger partial charge on any atom is 0.271 e. The lowest BCUT2D eigenvalue weighted by atomic mass is 10.2. The van der Waals surface area contributed by atoms with Gasteiger partial charge in [0.25, 0.3) is 5.91 Å². The minimum absolute atomic E-state index is 0.1000. The number of hydrogen-bond donors (Lipinski definition) is 1. The van der Waals surface area contributed by atoms with E-state index >= 15 is 0 Å². The third-order valence-corrected chi connectivity index (χ3v) is 3.65. The fourth-order valence-corrected chi connectivity index (χ4v) is 2.43. The zero-order valence-electron chi connectivity index (χ0n) is 13.7. The maximum absolute atomic E-state index is 12.0. The molecular formula is C18H19BrN2O3. The Morgan fingerprint density at radius 2 is 2.04 bits per heavy atom. The zero-order chi connectivity index (χ0) is 17.5. The summed E-state index contributed by atoms with van der Waals surface area (Å²) in [6, 6.07) is 12.5. The standard InChI is InChI=1S/C18H19BrN2O3/c1-12(2)24-17-8-7-13(9-16(17)19)11-20-21-18(22)14-5-4-6-15(10-14)23-3/h4-12H,1-3H3,(H,21,22)/b20-11+. The highest BCUT2D eigenvalue weighted by Crippen LogP contribution is 2.26. The van der Waals surface area contributed by atoms with Crippen LogP contribution in [0.5, 0.6) is 11.5 Å². The van der Waals surface area contributed by atoms with Gasteiger partial charge in [-0.05, 0) is 71.7 Å². The van der Waals surface area contributed by atoms with Gasteiger partial charge in [-0.25, -0.2) is 5.43 Å². The summed E-state index contributed by atoms with van der Waals surface area (Å²) < 4.78 is 11.6. The molecule has 1 N–H and O–H groups in total. The summed E-state index contributed by atoms with van der Waals surface area (Å²) in [5, 5.41) is 3.98.